The minimum absolute atomic E-state index is 0.0343. The van der Waals surface area contributed by atoms with Crippen molar-refractivity contribution < 1.29 is 0 Å². The smallest absolute Gasteiger partial charge is 0.0648 e. The van der Waals surface area contributed by atoms with Crippen LogP contribution in [0.3, 0.4) is 0 Å². The third kappa shape index (κ3) is 1.74. The molecule has 2 N–H and O–H groups in total. The summed E-state index contributed by atoms with van der Waals surface area (Å²) in [6.07, 6.45) is 5.02. The summed E-state index contributed by atoms with van der Waals surface area (Å²) in [5.74, 6) is 0. The monoisotopic (exact) mass is 213 g/mol. The van der Waals surface area contributed by atoms with Gasteiger partial charge in [-0.05, 0) is 31.0 Å². The van der Waals surface area contributed by atoms with E-state index in [-0.39, 0.29) is 5.54 Å². The van der Waals surface area contributed by atoms with Crippen LogP contribution in [0.2, 0.25) is 0 Å². The standard InChI is InChI=1S/C13H15N3/c14-13(7-8-13)10-12-6-9-15-16(12)11-4-2-1-3-5-11/h1-6,9H,7-8,10,14H2. The highest BCUT2D eigenvalue weighted by Gasteiger charge is 2.38. The van der Waals surface area contributed by atoms with Crippen LogP contribution in [0.25, 0.3) is 5.69 Å². The van der Waals surface area contributed by atoms with Gasteiger partial charge in [0.25, 0.3) is 0 Å². The highest BCUT2D eigenvalue weighted by molar-refractivity contribution is 5.33. The molecule has 1 aromatic carbocycles. The van der Waals surface area contributed by atoms with Crippen LogP contribution in [0.15, 0.2) is 42.6 Å². The van der Waals surface area contributed by atoms with E-state index in [9.17, 15) is 0 Å². The molecule has 1 saturated carbocycles. The largest absolute Gasteiger partial charge is 0.325 e. The molecule has 0 amide bonds. The third-order valence-corrected chi connectivity index (χ3v) is 3.15. The molecule has 1 fully saturated rings. The Kier molecular flexibility index (Phi) is 2.07. The average molecular weight is 213 g/mol. The second-order valence-electron chi connectivity index (χ2n) is 4.61. The lowest BCUT2D eigenvalue weighted by Gasteiger charge is -2.11. The van der Waals surface area contributed by atoms with Crippen LogP contribution in [0.1, 0.15) is 18.5 Å². The van der Waals surface area contributed by atoms with E-state index in [0.717, 1.165) is 24.9 Å². The highest BCUT2D eigenvalue weighted by atomic mass is 15.3. The van der Waals surface area contributed by atoms with E-state index >= 15 is 0 Å². The van der Waals surface area contributed by atoms with Crippen molar-refractivity contribution >= 4 is 0 Å². The Balaban J connectivity index is 1.93. The predicted octanol–water partition coefficient (Wildman–Crippen LogP) is 1.91. The molecule has 2 aromatic rings. The molecule has 82 valence electrons. The Labute approximate surface area is 94.9 Å². The molecule has 3 heteroatoms. The van der Waals surface area contributed by atoms with E-state index in [1.165, 1.54) is 5.69 Å². The number of aromatic nitrogens is 2. The van der Waals surface area contributed by atoms with E-state index in [2.05, 4.69) is 23.3 Å². The number of rotatable bonds is 3. The van der Waals surface area contributed by atoms with Crippen LogP contribution >= 0.6 is 0 Å². The second kappa shape index (κ2) is 3.46. The molecule has 0 bridgehead atoms. The summed E-state index contributed by atoms with van der Waals surface area (Å²) >= 11 is 0. The fourth-order valence-corrected chi connectivity index (χ4v) is 1.96. The molecule has 16 heavy (non-hydrogen) atoms. The first-order valence-electron chi connectivity index (χ1n) is 5.64. The van der Waals surface area contributed by atoms with Crippen molar-refractivity contribution in [1.29, 1.82) is 0 Å². The van der Waals surface area contributed by atoms with Crippen LogP contribution < -0.4 is 5.73 Å². The van der Waals surface area contributed by atoms with Gasteiger partial charge in [-0.15, -0.1) is 0 Å². The summed E-state index contributed by atoms with van der Waals surface area (Å²) in [5.41, 5.74) is 8.48. The van der Waals surface area contributed by atoms with Gasteiger partial charge in [-0.25, -0.2) is 4.68 Å². The summed E-state index contributed by atoms with van der Waals surface area (Å²) in [6.45, 7) is 0. The van der Waals surface area contributed by atoms with Gasteiger partial charge in [-0.3, -0.25) is 0 Å². The maximum atomic E-state index is 6.14. The zero-order valence-electron chi connectivity index (χ0n) is 9.13. The Morgan fingerprint density at radius 2 is 1.94 bits per heavy atom. The Bertz CT molecular complexity index is 483. The first-order chi connectivity index (χ1) is 7.77. The minimum Gasteiger partial charge on any atom is -0.325 e. The Hall–Kier alpha value is -1.61. The van der Waals surface area contributed by atoms with Gasteiger partial charge in [0.15, 0.2) is 0 Å². The first-order valence-corrected chi connectivity index (χ1v) is 5.64. The van der Waals surface area contributed by atoms with Gasteiger partial charge >= 0.3 is 0 Å². The topological polar surface area (TPSA) is 43.8 Å². The third-order valence-electron chi connectivity index (χ3n) is 3.15. The number of nitrogens with two attached hydrogens (primary N) is 1. The van der Waals surface area contributed by atoms with Crippen molar-refractivity contribution in [3.05, 3.63) is 48.3 Å². The molecule has 1 heterocycles. The van der Waals surface area contributed by atoms with Crippen LogP contribution in [0.5, 0.6) is 0 Å². The summed E-state index contributed by atoms with van der Waals surface area (Å²) < 4.78 is 1.98. The van der Waals surface area contributed by atoms with Gasteiger partial charge in [0.2, 0.25) is 0 Å². The fourth-order valence-electron chi connectivity index (χ4n) is 1.96. The molecule has 0 atom stereocenters. The summed E-state index contributed by atoms with van der Waals surface area (Å²) in [7, 11) is 0. The van der Waals surface area contributed by atoms with Crippen molar-refractivity contribution in [2.75, 3.05) is 0 Å². The van der Waals surface area contributed by atoms with Gasteiger partial charge in [-0.2, -0.15) is 5.10 Å². The molecule has 0 unspecified atom stereocenters. The summed E-state index contributed by atoms with van der Waals surface area (Å²) in [6, 6.07) is 12.2. The molecule has 1 aliphatic carbocycles. The molecule has 0 saturated heterocycles. The molecule has 3 rings (SSSR count). The Morgan fingerprint density at radius 1 is 1.19 bits per heavy atom. The van der Waals surface area contributed by atoms with Gasteiger partial charge in [0, 0.05) is 23.9 Å². The zero-order chi connectivity index (χ0) is 11.0. The summed E-state index contributed by atoms with van der Waals surface area (Å²) in [5, 5.41) is 4.36. The molecule has 3 nitrogen and oxygen atoms in total. The lowest BCUT2D eigenvalue weighted by molar-refractivity contribution is 0.637. The van der Waals surface area contributed by atoms with E-state index < -0.39 is 0 Å². The number of hydrogen-bond acceptors (Lipinski definition) is 2. The van der Waals surface area contributed by atoms with Crippen molar-refractivity contribution in [3.63, 3.8) is 0 Å². The molecule has 0 spiro atoms. The average Bonchev–Trinajstić information content (AvgIpc) is 2.86. The molecular formula is C13H15N3. The van der Waals surface area contributed by atoms with E-state index in [1.54, 1.807) is 0 Å². The quantitative estimate of drug-likeness (QED) is 0.846. The second-order valence-corrected chi connectivity index (χ2v) is 4.61. The van der Waals surface area contributed by atoms with Crippen molar-refractivity contribution in [3.8, 4) is 5.69 Å². The van der Waals surface area contributed by atoms with Gasteiger partial charge in [0.1, 0.15) is 0 Å². The van der Waals surface area contributed by atoms with Crippen LogP contribution in [-0.4, -0.2) is 15.3 Å². The van der Waals surface area contributed by atoms with E-state index in [0.29, 0.717) is 0 Å². The first kappa shape index (κ1) is 9.60. The summed E-state index contributed by atoms with van der Waals surface area (Å²) in [4.78, 5) is 0. The lowest BCUT2D eigenvalue weighted by atomic mass is 10.1. The molecular weight excluding hydrogens is 198 g/mol. The molecule has 0 aliphatic heterocycles. The van der Waals surface area contributed by atoms with E-state index in [1.807, 2.05) is 29.1 Å². The highest BCUT2D eigenvalue weighted by Crippen LogP contribution is 2.35. The Morgan fingerprint density at radius 3 is 2.62 bits per heavy atom. The van der Waals surface area contributed by atoms with Crippen molar-refractivity contribution in [2.45, 2.75) is 24.8 Å². The van der Waals surface area contributed by atoms with Gasteiger partial charge in [0.05, 0.1) is 5.69 Å². The predicted molar refractivity (Wildman–Crippen MR) is 63.4 cm³/mol. The maximum Gasteiger partial charge on any atom is 0.0648 e. The fraction of sp³-hybridized carbons (Fsp3) is 0.308. The van der Waals surface area contributed by atoms with Crippen LogP contribution in [0.4, 0.5) is 0 Å². The maximum absolute atomic E-state index is 6.14. The molecule has 1 aromatic heterocycles. The number of benzene rings is 1. The van der Waals surface area contributed by atoms with Gasteiger partial charge in [-0.1, -0.05) is 18.2 Å². The number of hydrogen-bond donors (Lipinski definition) is 1. The minimum atomic E-state index is 0.0343. The van der Waals surface area contributed by atoms with Gasteiger partial charge < -0.3 is 5.73 Å². The molecule has 0 radical (unpaired) electrons. The van der Waals surface area contributed by atoms with Crippen LogP contribution in [0, 0.1) is 0 Å². The number of nitrogens with zero attached hydrogens (tertiary/aromatic N) is 2. The number of para-hydroxylation sites is 1. The normalized spacial score (nSPS) is 17.3. The van der Waals surface area contributed by atoms with Crippen LogP contribution in [-0.2, 0) is 6.42 Å². The van der Waals surface area contributed by atoms with Crippen molar-refractivity contribution in [2.24, 2.45) is 5.73 Å². The SMILES string of the molecule is NC1(Cc2ccnn2-c2ccccc2)CC1. The lowest BCUT2D eigenvalue weighted by Crippen LogP contribution is -2.25. The van der Waals surface area contributed by atoms with E-state index in [4.69, 9.17) is 5.73 Å². The molecule has 1 aliphatic rings. The zero-order valence-corrected chi connectivity index (χ0v) is 9.13. The van der Waals surface area contributed by atoms with Crippen molar-refractivity contribution in [1.82, 2.24) is 9.78 Å².